The molecule has 0 radical (unpaired) electrons. The molecule has 2 heterocycles. The first kappa shape index (κ1) is 24.0. The zero-order valence-electron chi connectivity index (χ0n) is 18.8. The molecule has 1 aromatic carbocycles. The summed E-state index contributed by atoms with van der Waals surface area (Å²) in [5, 5.41) is 10.6. The molecule has 176 valence electrons. The number of rotatable bonds is 2. The second-order valence-electron chi connectivity index (χ2n) is 9.47. The smallest absolute Gasteiger partial charge is 0.411 e. The van der Waals surface area contributed by atoms with Crippen molar-refractivity contribution in [3.05, 3.63) is 62.3 Å². The van der Waals surface area contributed by atoms with E-state index in [-0.39, 0.29) is 19.1 Å². The largest absolute Gasteiger partial charge is 0.480 e. The lowest BCUT2D eigenvalue weighted by Crippen LogP contribution is -2.59. The van der Waals surface area contributed by atoms with Gasteiger partial charge in [-0.3, -0.25) is 14.8 Å². The van der Waals surface area contributed by atoms with Gasteiger partial charge < -0.3 is 9.84 Å². The van der Waals surface area contributed by atoms with Gasteiger partial charge in [0.2, 0.25) is 0 Å². The van der Waals surface area contributed by atoms with Gasteiger partial charge in [0.05, 0.1) is 11.7 Å². The second kappa shape index (κ2) is 9.24. The molecule has 7 nitrogen and oxygen atoms in total. The molecule has 2 aromatic rings. The molecule has 2 atom stereocenters. The van der Waals surface area contributed by atoms with Crippen LogP contribution in [0.15, 0.2) is 34.9 Å². The van der Waals surface area contributed by atoms with E-state index in [0.29, 0.717) is 11.6 Å². The third-order valence-electron chi connectivity index (χ3n) is 5.98. The molecule has 1 unspecified atom stereocenters. The highest BCUT2D eigenvalue weighted by molar-refractivity contribution is 9.10. The summed E-state index contributed by atoms with van der Waals surface area (Å²) in [6.45, 7) is 6.21. The summed E-state index contributed by atoms with van der Waals surface area (Å²) in [7, 11) is 0. The summed E-state index contributed by atoms with van der Waals surface area (Å²) in [4.78, 5) is 33.1. The van der Waals surface area contributed by atoms with E-state index in [2.05, 4.69) is 26.9 Å². The number of carboxylic acids is 1. The number of pyridine rings is 1. The predicted molar refractivity (Wildman–Crippen MR) is 129 cm³/mol. The molecular formula is C24H27BrClN3O4. The molecule has 9 heteroatoms. The van der Waals surface area contributed by atoms with E-state index in [4.69, 9.17) is 21.3 Å². The highest BCUT2D eigenvalue weighted by Crippen LogP contribution is 2.38. The lowest BCUT2D eigenvalue weighted by Gasteiger charge is -2.43. The van der Waals surface area contributed by atoms with Gasteiger partial charge in [-0.25, -0.2) is 9.59 Å². The highest BCUT2D eigenvalue weighted by atomic mass is 79.9. The van der Waals surface area contributed by atoms with E-state index in [0.717, 1.165) is 39.7 Å². The fraction of sp³-hybridized carbons (Fsp3) is 0.458. The van der Waals surface area contributed by atoms with Crippen molar-refractivity contribution < 1.29 is 19.4 Å². The Morgan fingerprint density at radius 1 is 1.18 bits per heavy atom. The maximum atomic E-state index is 12.7. The van der Waals surface area contributed by atoms with Crippen LogP contribution in [0.25, 0.3) is 0 Å². The Bertz CT molecular complexity index is 1030. The van der Waals surface area contributed by atoms with Crippen LogP contribution in [0, 0.1) is 0 Å². The lowest BCUT2D eigenvalue weighted by molar-refractivity contribution is -0.146. The summed E-state index contributed by atoms with van der Waals surface area (Å²) < 4.78 is 6.37. The van der Waals surface area contributed by atoms with Crippen molar-refractivity contribution in [1.29, 1.82) is 0 Å². The highest BCUT2D eigenvalue weighted by Gasteiger charge is 2.41. The van der Waals surface area contributed by atoms with E-state index in [1.54, 1.807) is 27.0 Å². The Kier molecular flexibility index (Phi) is 6.71. The van der Waals surface area contributed by atoms with Gasteiger partial charge in [0, 0.05) is 35.3 Å². The zero-order chi connectivity index (χ0) is 23.9. The van der Waals surface area contributed by atoms with Crippen molar-refractivity contribution in [2.45, 2.75) is 51.3 Å². The number of fused-ring (bicyclic) bond motifs is 2. The van der Waals surface area contributed by atoms with Crippen LogP contribution in [0.2, 0.25) is 5.02 Å². The number of aryl methyl sites for hydroxylation is 2. The normalized spacial score (nSPS) is 21.1. The number of aromatic nitrogens is 1. The zero-order valence-corrected chi connectivity index (χ0v) is 21.2. The first-order chi connectivity index (χ1) is 15.5. The third kappa shape index (κ3) is 5.18. The van der Waals surface area contributed by atoms with E-state index < -0.39 is 23.7 Å². The van der Waals surface area contributed by atoms with E-state index in [1.165, 1.54) is 4.90 Å². The second-order valence-corrected chi connectivity index (χ2v) is 10.8. The molecule has 0 saturated carbocycles. The number of carboxylic acid groups (broad SMARTS) is 1. The number of ether oxygens (including phenoxy) is 1. The van der Waals surface area contributed by atoms with Crippen LogP contribution < -0.4 is 0 Å². The third-order valence-corrected chi connectivity index (χ3v) is 6.65. The van der Waals surface area contributed by atoms with Crippen molar-refractivity contribution in [1.82, 2.24) is 14.8 Å². The molecule has 1 amide bonds. The quantitative estimate of drug-likeness (QED) is 0.600. The van der Waals surface area contributed by atoms with Crippen molar-refractivity contribution in [3.63, 3.8) is 0 Å². The van der Waals surface area contributed by atoms with Crippen LogP contribution in [-0.2, 0) is 22.4 Å². The van der Waals surface area contributed by atoms with Crippen LogP contribution in [0.4, 0.5) is 4.79 Å². The number of piperazine rings is 1. The van der Waals surface area contributed by atoms with Gasteiger partial charge in [0.15, 0.2) is 0 Å². The molecular weight excluding hydrogens is 510 g/mol. The SMILES string of the molecule is CC(C)(C)OC(=O)N1CCN(C2c3ccc(Cl)cc3CCc3cc(Br)cnc32)C[C@@H]1C(=O)O. The Hall–Kier alpha value is -2.16. The Morgan fingerprint density at radius 2 is 1.91 bits per heavy atom. The van der Waals surface area contributed by atoms with Gasteiger partial charge in [-0.15, -0.1) is 0 Å². The van der Waals surface area contributed by atoms with Gasteiger partial charge in [0.1, 0.15) is 11.6 Å². The number of carbonyl (C=O) groups is 2. The number of halogens is 2. The standard InChI is InChI=1S/C24H27BrClN3O4/c1-24(2,3)33-23(32)29-9-8-28(13-19(29)22(30)31)21-18-7-6-17(26)11-14(18)4-5-15-10-16(25)12-27-20(15)21/h6-7,10-12,19,21H,4-5,8-9,13H2,1-3H3,(H,30,31)/t19-,21?/m1/s1. The van der Waals surface area contributed by atoms with Crippen molar-refractivity contribution >= 4 is 39.6 Å². The van der Waals surface area contributed by atoms with Crippen molar-refractivity contribution in [2.24, 2.45) is 0 Å². The van der Waals surface area contributed by atoms with Crippen LogP contribution >= 0.6 is 27.5 Å². The predicted octanol–water partition coefficient (Wildman–Crippen LogP) is 4.69. The minimum atomic E-state index is -1.06. The van der Waals surface area contributed by atoms with Gasteiger partial charge in [-0.05, 0) is 84.4 Å². The topological polar surface area (TPSA) is 83.0 Å². The van der Waals surface area contributed by atoms with Crippen LogP contribution in [0.1, 0.15) is 49.2 Å². The van der Waals surface area contributed by atoms with Crippen LogP contribution in [-0.4, -0.2) is 63.2 Å². The van der Waals surface area contributed by atoms with Gasteiger partial charge in [-0.2, -0.15) is 0 Å². The molecule has 2 aliphatic rings. The number of aliphatic carboxylic acids is 1. The van der Waals surface area contributed by atoms with Crippen LogP contribution in [0.3, 0.4) is 0 Å². The molecule has 1 aliphatic carbocycles. The summed E-state index contributed by atoms with van der Waals surface area (Å²) in [6.07, 6.45) is 2.80. The fourth-order valence-electron chi connectivity index (χ4n) is 4.57. The van der Waals surface area contributed by atoms with E-state index >= 15 is 0 Å². The minimum absolute atomic E-state index is 0.165. The summed E-state index contributed by atoms with van der Waals surface area (Å²) in [5.41, 5.74) is 3.52. The average molecular weight is 537 g/mol. The van der Waals surface area contributed by atoms with Crippen molar-refractivity contribution in [3.8, 4) is 0 Å². The monoisotopic (exact) mass is 535 g/mol. The first-order valence-electron chi connectivity index (χ1n) is 10.9. The molecule has 1 aliphatic heterocycles. The molecule has 1 saturated heterocycles. The van der Waals surface area contributed by atoms with Crippen molar-refractivity contribution in [2.75, 3.05) is 19.6 Å². The van der Waals surface area contributed by atoms with E-state index in [1.807, 2.05) is 18.2 Å². The molecule has 1 aromatic heterocycles. The van der Waals surface area contributed by atoms with Gasteiger partial charge >= 0.3 is 12.1 Å². The molecule has 33 heavy (non-hydrogen) atoms. The maximum absolute atomic E-state index is 12.7. The first-order valence-corrected chi connectivity index (χ1v) is 12.1. The average Bonchev–Trinajstić information content (AvgIpc) is 2.88. The van der Waals surface area contributed by atoms with Gasteiger partial charge in [-0.1, -0.05) is 17.7 Å². The van der Waals surface area contributed by atoms with E-state index in [9.17, 15) is 14.7 Å². The molecule has 1 N–H and O–H groups in total. The summed E-state index contributed by atoms with van der Waals surface area (Å²) in [5.74, 6) is -1.06. The van der Waals surface area contributed by atoms with Crippen LogP contribution in [0.5, 0.6) is 0 Å². The molecule has 0 spiro atoms. The number of hydrogen-bond donors (Lipinski definition) is 1. The number of carbonyl (C=O) groups excluding carboxylic acids is 1. The Labute approximate surface area is 206 Å². The Morgan fingerprint density at radius 3 is 2.61 bits per heavy atom. The lowest BCUT2D eigenvalue weighted by atomic mass is 9.95. The van der Waals surface area contributed by atoms with Gasteiger partial charge in [0.25, 0.3) is 0 Å². The number of hydrogen-bond acceptors (Lipinski definition) is 5. The molecule has 4 rings (SSSR count). The number of amides is 1. The number of benzene rings is 1. The summed E-state index contributed by atoms with van der Waals surface area (Å²) >= 11 is 9.82. The summed E-state index contributed by atoms with van der Waals surface area (Å²) in [6, 6.07) is 6.68. The minimum Gasteiger partial charge on any atom is -0.480 e. The maximum Gasteiger partial charge on any atom is 0.411 e. The number of nitrogens with zero attached hydrogens (tertiary/aromatic N) is 3. The Balaban J connectivity index is 1.71. The molecule has 0 bridgehead atoms. The molecule has 1 fully saturated rings. The fourth-order valence-corrected chi connectivity index (χ4v) is 5.14.